The Bertz CT molecular complexity index is 451. The molecule has 0 aliphatic carbocycles. The zero-order chi connectivity index (χ0) is 14.0. The van der Waals surface area contributed by atoms with E-state index in [-0.39, 0.29) is 31.8 Å². The van der Waals surface area contributed by atoms with Crippen LogP contribution in [0.25, 0.3) is 0 Å². The van der Waals surface area contributed by atoms with E-state index >= 15 is 0 Å². The molecule has 0 aliphatic rings. The van der Waals surface area contributed by atoms with Crippen LogP contribution in [0.5, 0.6) is 0 Å². The quantitative estimate of drug-likeness (QED) is 0.606. The number of carbonyl (C=O) groups excluding carboxylic acids is 2. The highest BCUT2D eigenvalue weighted by atomic mass is 35.5. The van der Waals surface area contributed by atoms with Crippen molar-refractivity contribution in [1.29, 1.82) is 0 Å². The Morgan fingerprint density at radius 1 is 0.944 bits per heavy atom. The third-order valence-electron chi connectivity index (χ3n) is 2.22. The van der Waals surface area contributed by atoms with E-state index in [0.29, 0.717) is 0 Å². The van der Waals surface area contributed by atoms with Crippen molar-refractivity contribution in [3.63, 3.8) is 0 Å². The van der Waals surface area contributed by atoms with Crippen LogP contribution in [0.3, 0.4) is 0 Å². The lowest BCUT2D eigenvalue weighted by Gasteiger charge is -2.13. The molecule has 0 radical (unpaired) electrons. The highest BCUT2D eigenvalue weighted by Gasteiger charge is 2.27. The minimum Gasteiger partial charge on any atom is -0.465 e. The molecule has 0 fully saturated rings. The van der Waals surface area contributed by atoms with E-state index in [1.807, 2.05) is 0 Å². The standard InChI is InChI=1S/C10H6Cl4O4/c1-3-4(9(15)17-2)7(12)8(13)5(6(3)11)10(16)18-14/h1-2H3. The van der Waals surface area contributed by atoms with Crippen LogP contribution < -0.4 is 0 Å². The lowest BCUT2D eigenvalue weighted by molar-refractivity contribution is 0.0599. The zero-order valence-electron chi connectivity index (χ0n) is 9.14. The predicted octanol–water partition coefficient (Wildman–Crippen LogP) is 4.05. The van der Waals surface area contributed by atoms with Gasteiger partial charge in [0.05, 0.1) is 27.7 Å². The summed E-state index contributed by atoms with van der Waals surface area (Å²) >= 11 is 22.7. The number of halogens is 4. The summed E-state index contributed by atoms with van der Waals surface area (Å²) in [5, 5.41) is -0.448. The Labute approximate surface area is 123 Å². The van der Waals surface area contributed by atoms with Crippen LogP contribution in [0.15, 0.2) is 0 Å². The van der Waals surface area contributed by atoms with Gasteiger partial charge in [-0.2, -0.15) is 0 Å². The van der Waals surface area contributed by atoms with Crippen molar-refractivity contribution in [1.82, 2.24) is 0 Å². The first-order valence-corrected chi connectivity index (χ1v) is 5.89. The average molecular weight is 332 g/mol. The molecule has 1 rings (SSSR count). The maximum absolute atomic E-state index is 11.5. The monoisotopic (exact) mass is 330 g/mol. The third-order valence-corrected chi connectivity index (χ3v) is 3.68. The van der Waals surface area contributed by atoms with Crippen LogP contribution in [-0.2, 0) is 9.03 Å². The van der Waals surface area contributed by atoms with Gasteiger partial charge in [0.15, 0.2) is 0 Å². The number of carbonyl (C=O) groups is 2. The van der Waals surface area contributed by atoms with E-state index in [9.17, 15) is 9.59 Å². The van der Waals surface area contributed by atoms with E-state index in [2.05, 4.69) is 9.03 Å². The van der Waals surface area contributed by atoms with Gasteiger partial charge in [0.2, 0.25) is 0 Å². The number of methoxy groups -OCH3 is 1. The first kappa shape index (κ1) is 15.4. The lowest BCUT2D eigenvalue weighted by Crippen LogP contribution is -2.10. The molecule has 0 saturated carbocycles. The van der Waals surface area contributed by atoms with Crippen molar-refractivity contribution in [2.24, 2.45) is 0 Å². The molecule has 0 bridgehead atoms. The Balaban J connectivity index is 3.66. The molecule has 8 heteroatoms. The van der Waals surface area contributed by atoms with E-state index in [1.54, 1.807) is 0 Å². The maximum atomic E-state index is 11.5. The van der Waals surface area contributed by atoms with Gasteiger partial charge in [-0.15, -0.1) is 0 Å². The summed E-state index contributed by atoms with van der Waals surface area (Å²) in [6.07, 6.45) is 0. The first-order chi connectivity index (χ1) is 8.36. The fraction of sp³-hybridized carbons (Fsp3) is 0.200. The second kappa shape index (κ2) is 5.97. The van der Waals surface area contributed by atoms with Crippen molar-refractivity contribution in [3.8, 4) is 0 Å². The SMILES string of the molecule is COC(=O)c1c(C)c(Cl)c(C(=O)OCl)c(Cl)c1Cl. The van der Waals surface area contributed by atoms with Crippen LogP contribution >= 0.6 is 46.7 Å². The number of hydrogen-bond acceptors (Lipinski definition) is 4. The van der Waals surface area contributed by atoms with Crippen molar-refractivity contribution in [2.45, 2.75) is 6.92 Å². The average Bonchev–Trinajstić information content (AvgIpc) is 2.36. The lowest BCUT2D eigenvalue weighted by atomic mass is 10.0. The van der Waals surface area contributed by atoms with Gasteiger partial charge >= 0.3 is 11.9 Å². The van der Waals surface area contributed by atoms with E-state index < -0.39 is 11.9 Å². The Kier molecular flexibility index (Phi) is 5.10. The van der Waals surface area contributed by atoms with E-state index in [1.165, 1.54) is 14.0 Å². The van der Waals surface area contributed by atoms with Crippen LogP contribution in [0, 0.1) is 6.92 Å². The molecule has 18 heavy (non-hydrogen) atoms. The minimum atomic E-state index is -0.965. The molecule has 0 N–H and O–H groups in total. The smallest absolute Gasteiger partial charge is 0.359 e. The molecular weight excluding hydrogens is 326 g/mol. The Hall–Kier alpha value is -0.680. The van der Waals surface area contributed by atoms with E-state index in [4.69, 9.17) is 46.7 Å². The Morgan fingerprint density at radius 3 is 1.89 bits per heavy atom. The van der Waals surface area contributed by atoms with Gasteiger partial charge in [-0.3, -0.25) is 0 Å². The van der Waals surface area contributed by atoms with Gasteiger partial charge in [-0.25, -0.2) is 9.59 Å². The summed E-state index contributed by atoms with van der Waals surface area (Å²) in [4.78, 5) is 23.0. The van der Waals surface area contributed by atoms with Crippen molar-refractivity contribution in [2.75, 3.05) is 7.11 Å². The number of benzene rings is 1. The van der Waals surface area contributed by atoms with Crippen LogP contribution in [0.2, 0.25) is 15.1 Å². The van der Waals surface area contributed by atoms with Crippen LogP contribution in [0.4, 0.5) is 0 Å². The molecule has 0 saturated heterocycles. The predicted molar refractivity (Wildman–Crippen MR) is 68.8 cm³/mol. The van der Waals surface area contributed by atoms with Crippen LogP contribution in [-0.4, -0.2) is 19.0 Å². The molecule has 0 spiro atoms. The maximum Gasteiger partial charge on any atom is 0.359 e. The first-order valence-electron chi connectivity index (χ1n) is 4.45. The van der Waals surface area contributed by atoms with Gasteiger partial charge in [0.1, 0.15) is 17.4 Å². The Morgan fingerprint density at radius 2 is 1.44 bits per heavy atom. The van der Waals surface area contributed by atoms with Crippen molar-refractivity contribution < 1.29 is 18.6 Å². The highest BCUT2D eigenvalue weighted by molar-refractivity contribution is 6.48. The summed E-state index contributed by atoms with van der Waals surface area (Å²) in [6, 6.07) is 0. The largest absolute Gasteiger partial charge is 0.465 e. The van der Waals surface area contributed by atoms with Gasteiger partial charge in [0, 0.05) is 0 Å². The second-order valence-corrected chi connectivity index (χ2v) is 4.46. The molecule has 0 aromatic heterocycles. The summed E-state index contributed by atoms with van der Waals surface area (Å²) < 4.78 is 8.58. The van der Waals surface area contributed by atoms with Crippen molar-refractivity contribution >= 4 is 58.6 Å². The molecule has 0 amide bonds. The molecule has 0 heterocycles. The molecular formula is C10H6Cl4O4. The molecule has 4 nitrogen and oxygen atoms in total. The summed E-state index contributed by atoms with van der Waals surface area (Å²) in [6.45, 7) is 1.49. The molecule has 0 atom stereocenters. The van der Waals surface area contributed by atoms with Crippen molar-refractivity contribution in [3.05, 3.63) is 31.8 Å². The highest BCUT2D eigenvalue weighted by Crippen LogP contribution is 2.38. The molecule has 0 aliphatic heterocycles. The van der Waals surface area contributed by atoms with Gasteiger partial charge < -0.3 is 9.03 Å². The number of hydrogen-bond donors (Lipinski definition) is 0. The molecule has 1 aromatic rings. The molecule has 1 aromatic carbocycles. The van der Waals surface area contributed by atoms with Gasteiger partial charge in [-0.05, 0) is 12.5 Å². The summed E-state index contributed by atoms with van der Waals surface area (Å²) in [5.74, 6) is -1.68. The third kappa shape index (κ3) is 2.52. The molecule has 98 valence electrons. The topological polar surface area (TPSA) is 52.6 Å². The number of ether oxygens (including phenoxy) is 1. The van der Waals surface area contributed by atoms with E-state index in [0.717, 1.165) is 0 Å². The number of esters is 1. The zero-order valence-corrected chi connectivity index (χ0v) is 12.2. The summed E-state index contributed by atoms with van der Waals surface area (Å²) in [7, 11) is 1.18. The minimum absolute atomic E-state index is 0.0136. The van der Waals surface area contributed by atoms with Crippen LogP contribution in [0.1, 0.15) is 26.3 Å². The normalized spacial score (nSPS) is 10.1. The summed E-state index contributed by atoms with van der Waals surface area (Å²) in [5.41, 5.74) is 0.0266. The fourth-order valence-electron chi connectivity index (χ4n) is 1.34. The van der Waals surface area contributed by atoms with Gasteiger partial charge in [-0.1, -0.05) is 34.8 Å². The fourth-order valence-corrected chi connectivity index (χ4v) is 2.31. The van der Waals surface area contributed by atoms with Gasteiger partial charge in [0.25, 0.3) is 0 Å². The molecule has 0 unspecified atom stereocenters. The number of rotatable bonds is 2. The second-order valence-electron chi connectivity index (χ2n) is 3.17.